The first-order valence-corrected chi connectivity index (χ1v) is 11.6. The highest BCUT2D eigenvalue weighted by Gasteiger charge is 2.50. The highest BCUT2D eigenvalue weighted by molar-refractivity contribution is 7.90. The van der Waals surface area contributed by atoms with Crippen LogP contribution >= 0.6 is 0 Å². The van der Waals surface area contributed by atoms with E-state index in [2.05, 4.69) is 29.6 Å². The van der Waals surface area contributed by atoms with Crippen molar-refractivity contribution >= 4 is 16.1 Å². The lowest BCUT2D eigenvalue weighted by molar-refractivity contribution is 0.175. The summed E-state index contributed by atoms with van der Waals surface area (Å²) < 4.78 is 27.8. The molecule has 1 saturated heterocycles. The van der Waals surface area contributed by atoms with E-state index in [-0.39, 0.29) is 17.1 Å². The van der Waals surface area contributed by atoms with Gasteiger partial charge in [0.05, 0.1) is 22.6 Å². The minimum absolute atomic E-state index is 0.0236. The van der Waals surface area contributed by atoms with Gasteiger partial charge < -0.3 is 0 Å². The zero-order chi connectivity index (χ0) is 20.6. The Morgan fingerprint density at radius 3 is 2.72 bits per heavy atom. The summed E-state index contributed by atoms with van der Waals surface area (Å²) in [4.78, 5) is 4.52. The largest absolute Gasteiger partial charge is 0.256 e. The Morgan fingerprint density at radius 2 is 2.00 bits per heavy atom. The van der Waals surface area contributed by atoms with Crippen LogP contribution in [0.2, 0.25) is 0 Å². The summed E-state index contributed by atoms with van der Waals surface area (Å²) in [6.45, 7) is 4.92. The molecule has 1 saturated carbocycles. The van der Waals surface area contributed by atoms with Crippen LogP contribution in [0.1, 0.15) is 31.5 Å². The second kappa shape index (κ2) is 7.74. The number of hydrogen-bond donors (Lipinski definition) is 1. The number of fused-ring (bicyclic) bond motifs is 1. The van der Waals surface area contributed by atoms with Gasteiger partial charge in [-0.25, -0.2) is 13.1 Å². The molecule has 0 amide bonds. The van der Waals surface area contributed by atoms with Crippen LogP contribution in [0.25, 0.3) is 17.2 Å². The SMILES string of the molecule is C[C@H]1[C@H](C=Cc2ccc(-c3ccccc3C#N)cn2)[C@H]2[C@H](CNS2(=O)=O)C[C@@H]1C. The minimum atomic E-state index is -3.26. The monoisotopic (exact) mass is 407 g/mol. The van der Waals surface area contributed by atoms with Crippen LogP contribution < -0.4 is 4.72 Å². The van der Waals surface area contributed by atoms with E-state index >= 15 is 0 Å². The van der Waals surface area contributed by atoms with E-state index in [1.54, 1.807) is 12.3 Å². The molecule has 0 spiro atoms. The maximum absolute atomic E-state index is 12.5. The molecule has 2 fully saturated rings. The highest BCUT2D eigenvalue weighted by Crippen LogP contribution is 2.44. The maximum atomic E-state index is 12.5. The summed E-state index contributed by atoms with van der Waals surface area (Å²) in [6.07, 6.45) is 6.69. The van der Waals surface area contributed by atoms with Gasteiger partial charge in [0, 0.05) is 23.9 Å². The first kappa shape index (κ1) is 19.8. The van der Waals surface area contributed by atoms with Crippen molar-refractivity contribution in [1.29, 1.82) is 5.26 Å². The van der Waals surface area contributed by atoms with Gasteiger partial charge in [-0.15, -0.1) is 0 Å². The van der Waals surface area contributed by atoms with Crippen LogP contribution in [0.5, 0.6) is 0 Å². The summed E-state index contributed by atoms with van der Waals surface area (Å²) in [5.74, 6) is 0.936. The first-order chi connectivity index (χ1) is 13.9. The fraction of sp³-hybridized carbons (Fsp3) is 0.391. The molecule has 1 aliphatic heterocycles. The van der Waals surface area contributed by atoms with Crippen molar-refractivity contribution in [2.24, 2.45) is 23.7 Å². The van der Waals surface area contributed by atoms with Crippen molar-refractivity contribution in [2.45, 2.75) is 25.5 Å². The van der Waals surface area contributed by atoms with Crippen molar-refractivity contribution in [3.05, 3.63) is 59.9 Å². The predicted octanol–water partition coefficient (Wildman–Crippen LogP) is 3.84. The van der Waals surface area contributed by atoms with Crippen molar-refractivity contribution in [2.75, 3.05) is 6.54 Å². The Bertz CT molecular complexity index is 1070. The normalized spacial score (nSPS) is 30.7. The van der Waals surface area contributed by atoms with E-state index in [4.69, 9.17) is 0 Å². The quantitative estimate of drug-likeness (QED) is 0.838. The molecule has 0 radical (unpaired) electrons. The number of sulfonamides is 1. The number of aromatic nitrogens is 1. The molecule has 1 N–H and O–H groups in total. The second-order valence-electron chi connectivity index (χ2n) is 8.26. The summed E-state index contributed by atoms with van der Waals surface area (Å²) in [5, 5.41) is 8.94. The minimum Gasteiger partial charge on any atom is -0.256 e. The van der Waals surface area contributed by atoms with Gasteiger partial charge in [0.15, 0.2) is 0 Å². The van der Waals surface area contributed by atoms with Crippen LogP contribution in [-0.4, -0.2) is 25.2 Å². The number of allylic oxidation sites excluding steroid dienone is 1. The van der Waals surface area contributed by atoms with Crippen LogP contribution in [0.4, 0.5) is 0 Å². The van der Waals surface area contributed by atoms with Crippen molar-refractivity contribution in [3.63, 3.8) is 0 Å². The Hall–Kier alpha value is -2.49. The molecule has 6 heteroatoms. The number of nitriles is 1. The molecule has 29 heavy (non-hydrogen) atoms. The third-order valence-corrected chi connectivity index (χ3v) is 8.55. The molecular formula is C23H25N3O2S. The standard InChI is InChI=1S/C23H25N3O2S/c1-15-11-19-14-26-29(27,28)23(19)21(16(15)2)10-9-20-8-7-18(13-25-20)22-6-4-3-5-17(22)12-24/h3-10,13,15-16,19,21,23,26H,11,14H2,1-2H3/t15-,16+,19-,21-,23+/m0/s1. The maximum Gasteiger partial charge on any atom is 0.215 e. The molecule has 2 heterocycles. The smallest absolute Gasteiger partial charge is 0.215 e. The van der Waals surface area contributed by atoms with Gasteiger partial charge in [-0.3, -0.25) is 4.98 Å². The van der Waals surface area contributed by atoms with E-state index in [1.165, 1.54) is 0 Å². The van der Waals surface area contributed by atoms with Gasteiger partial charge in [0.25, 0.3) is 0 Å². The van der Waals surface area contributed by atoms with Gasteiger partial charge in [0.1, 0.15) is 0 Å². The van der Waals surface area contributed by atoms with Crippen molar-refractivity contribution < 1.29 is 8.42 Å². The molecule has 4 rings (SSSR count). The van der Waals surface area contributed by atoms with Crippen LogP contribution in [0.15, 0.2) is 48.7 Å². The number of nitrogens with one attached hydrogen (secondary N) is 1. The van der Waals surface area contributed by atoms with Gasteiger partial charge in [0.2, 0.25) is 10.0 Å². The Balaban J connectivity index is 1.59. The Labute approximate surface area is 172 Å². The predicted molar refractivity (Wildman–Crippen MR) is 114 cm³/mol. The lowest BCUT2D eigenvalue weighted by Crippen LogP contribution is -2.42. The molecule has 2 aromatic rings. The summed E-state index contributed by atoms with van der Waals surface area (Å²) in [5.41, 5.74) is 3.15. The lowest BCUT2D eigenvalue weighted by Gasteiger charge is -2.39. The summed E-state index contributed by atoms with van der Waals surface area (Å²) in [6, 6.07) is 13.5. The molecule has 1 aromatic heterocycles. The summed E-state index contributed by atoms with van der Waals surface area (Å²) in [7, 11) is -3.26. The molecule has 5 nitrogen and oxygen atoms in total. The third-order valence-electron chi connectivity index (χ3n) is 6.56. The van der Waals surface area contributed by atoms with E-state index in [1.807, 2.05) is 42.5 Å². The second-order valence-corrected chi connectivity index (χ2v) is 10.2. The average Bonchev–Trinajstić information content (AvgIpc) is 3.03. The van der Waals surface area contributed by atoms with E-state index in [0.29, 0.717) is 23.9 Å². The van der Waals surface area contributed by atoms with Crippen LogP contribution in [0.3, 0.4) is 0 Å². The van der Waals surface area contributed by atoms with Crippen LogP contribution in [-0.2, 0) is 10.0 Å². The Morgan fingerprint density at radius 1 is 1.21 bits per heavy atom. The topological polar surface area (TPSA) is 82.8 Å². The Kier molecular flexibility index (Phi) is 5.28. The molecule has 150 valence electrons. The van der Waals surface area contributed by atoms with Gasteiger partial charge in [-0.2, -0.15) is 5.26 Å². The fourth-order valence-electron chi connectivity index (χ4n) is 4.79. The molecular weight excluding hydrogens is 382 g/mol. The average molecular weight is 408 g/mol. The molecule has 0 bridgehead atoms. The van der Waals surface area contributed by atoms with E-state index in [0.717, 1.165) is 23.2 Å². The first-order valence-electron chi connectivity index (χ1n) is 10.0. The molecule has 0 unspecified atom stereocenters. The van der Waals surface area contributed by atoms with Gasteiger partial charge in [-0.1, -0.05) is 44.2 Å². The van der Waals surface area contributed by atoms with E-state index in [9.17, 15) is 13.7 Å². The summed E-state index contributed by atoms with van der Waals surface area (Å²) >= 11 is 0. The number of benzene rings is 1. The lowest BCUT2D eigenvalue weighted by atomic mass is 9.68. The number of nitrogens with zero attached hydrogens (tertiary/aromatic N) is 2. The van der Waals surface area contributed by atoms with Crippen LogP contribution in [0, 0.1) is 35.0 Å². The third kappa shape index (κ3) is 3.73. The van der Waals surface area contributed by atoms with E-state index < -0.39 is 10.0 Å². The van der Waals surface area contributed by atoms with Gasteiger partial charge in [-0.05, 0) is 48.3 Å². The number of rotatable bonds is 3. The molecule has 2 aliphatic rings. The number of pyridine rings is 1. The fourth-order valence-corrected chi connectivity index (χ4v) is 6.89. The van der Waals surface area contributed by atoms with Gasteiger partial charge >= 0.3 is 0 Å². The molecule has 1 aromatic carbocycles. The zero-order valence-electron chi connectivity index (χ0n) is 16.6. The highest BCUT2D eigenvalue weighted by atomic mass is 32.2. The van der Waals surface area contributed by atoms with Crippen molar-refractivity contribution in [1.82, 2.24) is 9.71 Å². The number of hydrogen-bond acceptors (Lipinski definition) is 4. The molecule has 1 aliphatic carbocycles. The van der Waals surface area contributed by atoms with Crippen molar-refractivity contribution in [3.8, 4) is 17.2 Å². The molecule has 5 atom stereocenters. The zero-order valence-corrected chi connectivity index (χ0v) is 17.4.